The lowest BCUT2D eigenvalue weighted by Crippen LogP contribution is -2.60. The van der Waals surface area contributed by atoms with E-state index in [2.05, 4.69) is 59.3 Å². The second-order valence-electron chi connectivity index (χ2n) is 18.9. The Morgan fingerprint density at radius 1 is 0.917 bits per heavy atom. The third kappa shape index (κ3) is 8.16. The Labute approximate surface area is 359 Å². The van der Waals surface area contributed by atoms with Crippen molar-refractivity contribution in [2.24, 2.45) is 21.7 Å². The van der Waals surface area contributed by atoms with E-state index in [0.717, 1.165) is 83.2 Å². The summed E-state index contributed by atoms with van der Waals surface area (Å²) >= 11 is 1.58. The van der Waals surface area contributed by atoms with Crippen molar-refractivity contribution < 1.29 is 14.6 Å². The quantitative estimate of drug-likeness (QED) is 0.0867. The van der Waals surface area contributed by atoms with Gasteiger partial charge in [-0.3, -0.25) is 4.68 Å². The maximum Gasteiger partial charge on any atom is 0.355 e. The van der Waals surface area contributed by atoms with Crippen molar-refractivity contribution in [3.8, 4) is 11.1 Å². The van der Waals surface area contributed by atoms with Crippen molar-refractivity contribution in [3.63, 3.8) is 0 Å². The van der Waals surface area contributed by atoms with Crippen LogP contribution in [0.2, 0.25) is 0 Å². The van der Waals surface area contributed by atoms with Crippen LogP contribution in [0.25, 0.3) is 21.3 Å². The number of carboxylic acid groups (broad SMARTS) is 1. The fourth-order valence-corrected chi connectivity index (χ4v) is 13.7. The van der Waals surface area contributed by atoms with E-state index in [-0.39, 0.29) is 11.1 Å². The third-order valence-corrected chi connectivity index (χ3v) is 14.7. The average molecular weight is 834 g/mol. The van der Waals surface area contributed by atoms with Crippen molar-refractivity contribution in [2.45, 2.75) is 119 Å². The van der Waals surface area contributed by atoms with Crippen LogP contribution in [-0.4, -0.2) is 74.4 Å². The van der Waals surface area contributed by atoms with Gasteiger partial charge in [0.05, 0.1) is 16.4 Å². The Balaban J connectivity index is 0.00000246. The molecule has 1 aliphatic heterocycles. The summed E-state index contributed by atoms with van der Waals surface area (Å²) in [5.41, 5.74) is 6.71. The number of aromatic carboxylic acids is 1. The monoisotopic (exact) mass is 833 g/mol. The first-order valence-corrected chi connectivity index (χ1v) is 22.9. The molecule has 4 fully saturated rings. The van der Waals surface area contributed by atoms with Crippen LogP contribution in [0.3, 0.4) is 0 Å². The Morgan fingerprint density at radius 3 is 2.42 bits per heavy atom. The highest BCUT2D eigenvalue weighted by molar-refractivity contribution is 7.22. The first kappa shape index (κ1) is 42.2. The van der Waals surface area contributed by atoms with Gasteiger partial charge in [0.2, 0.25) is 0 Å². The van der Waals surface area contributed by atoms with Crippen molar-refractivity contribution in [1.29, 1.82) is 0 Å². The smallest absolute Gasteiger partial charge is 0.355 e. The van der Waals surface area contributed by atoms with E-state index < -0.39 is 5.97 Å². The van der Waals surface area contributed by atoms with Gasteiger partial charge in [0.25, 0.3) is 0 Å². The molecule has 5 aromatic rings. The van der Waals surface area contributed by atoms with Crippen molar-refractivity contribution in [3.05, 3.63) is 65.1 Å². The number of thiazole rings is 1. The minimum Gasteiger partial charge on any atom is -0.476 e. The van der Waals surface area contributed by atoms with Crippen LogP contribution in [0.4, 0.5) is 22.6 Å². The molecule has 0 spiro atoms. The molecule has 13 heteroatoms. The summed E-state index contributed by atoms with van der Waals surface area (Å²) in [5, 5.41) is 32.7. The summed E-state index contributed by atoms with van der Waals surface area (Å²) < 4.78 is 8.51. The van der Waals surface area contributed by atoms with Crippen LogP contribution < -0.4 is 15.5 Å². The fourth-order valence-electron chi connectivity index (χ4n) is 12.8. The van der Waals surface area contributed by atoms with E-state index in [1.165, 1.54) is 51.4 Å². The van der Waals surface area contributed by atoms with E-state index in [1.807, 2.05) is 55.3 Å². The molecule has 1 aromatic carbocycles. The maximum absolute atomic E-state index is 13.0. The van der Waals surface area contributed by atoms with Gasteiger partial charge in [0.1, 0.15) is 5.82 Å². The molecule has 3 N–H and O–H groups in total. The Morgan fingerprint density at radius 2 is 1.67 bits per heavy atom. The number of ether oxygens (including phenoxy) is 1. The summed E-state index contributed by atoms with van der Waals surface area (Å²) in [6.45, 7) is 17.7. The Kier molecular flexibility index (Phi) is 11.8. The molecule has 0 amide bonds. The predicted octanol–water partition coefficient (Wildman–Crippen LogP) is 10.3. The van der Waals surface area contributed by atoms with Crippen molar-refractivity contribution in [1.82, 2.24) is 35.3 Å². The molecule has 60 heavy (non-hydrogen) atoms. The number of nitrogens with one attached hydrogen (secondary N) is 2. The molecule has 2 atom stereocenters. The molecule has 5 aliphatic rings. The van der Waals surface area contributed by atoms with E-state index in [0.29, 0.717) is 45.8 Å². The summed E-state index contributed by atoms with van der Waals surface area (Å²) in [4.78, 5) is 24.5. The molecule has 0 saturated heterocycles. The van der Waals surface area contributed by atoms with Crippen LogP contribution >= 0.6 is 11.3 Å². The van der Waals surface area contributed by atoms with Gasteiger partial charge in [0, 0.05) is 54.8 Å². The van der Waals surface area contributed by atoms with Crippen LogP contribution in [0, 0.1) is 35.5 Å². The standard InChI is InChI=1S/C45H57N9O3S.C2H6/c1-29-31-11-8-19-53(39(31)52-51-38(29)50-41-48-34-12-6-7-13-35(34)58-41)36-15-14-32(37(49-36)40(55)56)33-21-47-54(30(33)2)28-45-25-42(3)22-43(4,26-45)24-44(23-42,27-45)16-9-17-46-18-10-20-57-5;1-2/h6-7,12-15,21,46H,8-11,16-20,22-28H2,1-5H3,(H,55,56)(H,48,50,51);1-2H3. The first-order chi connectivity index (χ1) is 28.9. The second-order valence-corrected chi connectivity index (χ2v) is 19.9. The van der Waals surface area contributed by atoms with Gasteiger partial charge in [-0.2, -0.15) is 5.10 Å². The maximum atomic E-state index is 13.0. The summed E-state index contributed by atoms with van der Waals surface area (Å²) in [6.07, 6.45) is 14.8. The van der Waals surface area contributed by atoms with Gasteiger partial charge in [-0.1, -0.05) is 51.2 Å². The zero-order valence-electron chi connectivity index (χ0n) is 36.7. The first-order valence-electron chi connectivity index (χ1n) is 22.1. The van der Waals surface area contributed by atoms with Crippen LogP contribution in [0.15, 0.2) is 42.6 Å². The minimum absolute atomic E-state index is 0.0238. The predicted molar refractivity (Wildman–Crippen MR) is 241 cm³/mol. The number of para-hydroxylation sites is 1. The number of rotatable bonds is 15. The van der Waals surface area contributed by atoms with E-state index in [9.17, 15) is 9.90 Å². The number of carbonyl (C=O) groups is 1. The molecule has 4 aliphatic carbocycles. The third-order valence-electron chi connectivity index (χ3n) is 13.7. The zero-order valence-corrected chi connectivity index (χ0v) is 37.5. The highest BCUT2D eigenvalue weighted by Gasteiger charge is 2.65. The molecule has 10 rings (SSSR count). The van der Waals surface area contributed by atoms with Gasteiger partial charge in [0.15, 0.2) is 22.5 Å². The number of fused-ring (bicyclic) bond motifs is 2. The highest BCUT2D eigenvalue weighted by atomic mass is 32.1. The number of carboxylic acids is 1. The lowest BCUT2D eigenvalue weighted by molar-refractivity contribution is -0.197. The molecule has 12 nitrogen and oxygen atoms in total. The molecule has 4 bridgehead atoms. The number of methoxy groups -OCH3 is 1. The van der Waals surface area contributed by atoms with Gasteiger partial charge < -0.3 is 25.4 Å². The number of aromatic nitrogens is 6. The number of anilines is 4. The van der Waals surface area contributed by atoms with E-state index in [1.54, 1.807) is 18.4 Å². The minimum atomic E-state index is -1.06. The van der Waals surface area contributed by atoms with Gasteiger partial charge >= 0.3 is 5.97 Å². The Bertz CT molecular complexity index is 2300. The molecule has 0 radical (unpaired) electrons. The normalized spacial score (nSPS) is 25.3. The van der Waals surface area contributed by atoms with E-state index >= 15 is 0 Å². The summed E-state index contributed by atoms with van der Waals surface area (Å²) in [6, 6.07) is 11.9. The van der Waals surface area contributed by atoms with Crippen LogP contribution in [-0.2, 0) is 17.7 Å². The molecule has 4 saturated carbocycles. The Hall–Kier alpha value is -4.46. The topological polar surface area (TPSA) is 143 Å². The fraction of sp³-hybridized carbons (Fsp3) is 0.574. The lowest BCUT2D eigenvalue weighted by atomic mass is 9.35. The SMILES string of the molecule is CC.COCCCNCCCC12CC3(C)CC(C)(C1)CC(Cn1ncc(-c4ccc(N5CCCc6c5nnc(Nc5nc7ccccc7s5)c6C)nc4C(=O)O)c1C)(C3)C2. The second kappa shape index (κ2) is 16.8. The molecular formula is C47H63N9O3S. The zero-order chi connectivity index (χ0) is 42.3. The number of pyridine rings is 1. The molecule has 5 heterocycles. The number of nitrogens with zero attached hydrogens (tertiary/aromatic N) is 7. The number of benzene rings is 1. The number of hydrogen-bond acceptors (Lipinski definition) is 11. The van der Waals surface area contributed by atoms with Gasteiger partial charge in [-0.15, -0.1) is 10.2 Å². The van der Waals surface area contributed by atoms with Crippen molar-refractivity contribution in [2.75, 3.05) is 43.6 Å². The largest absolute Gasteiger partial charge is 0.476 e. The molecular weight excluding hydrogens is 771 g/mol. The van der Waals surface area contributed by atoms with E-state index in [4.69, 9.17) is 19.8 Å². The van der Waals surface area contributed by atoms with Crippen LogP contribution in [0.5, 0.6) is 0 Å². The number of hydrogen-bond donors (Lipinski definition) is 3. The van der Waals surface area contributed by atoms with Gasteiger partial charge in [-0.05, 0) is 143 Å². The average Bonchev–Trinajstić information content (AvgIpc) is 3.79. The summed E-state index contributed by atoms with van der Waals surface area (Å²) in [7, 11) is 1.77. The van der Waals surface area contributed by atoms with Crippen LogP contribution in [0.1, 0.15) is 119 Å². The lowest BCUT2D eigenvalue weighted by Gasteiger charge is -2.70. The molecule has 320 valence electrons. The van der Waals surface area contributed by atoms with Gasteiger partial charge in [-0.25, -0.2) is 14.8 Å². The summed E-state index contributed by atoms with van der Waals surface area (Å²) in [5.74, 6) is 0.887. The molecule has 2 unspecified atom stereocenters. The molecule has 4 aromatic heterocycles. The highest BCUT2D eigenvalue weighted by Crippen LogP contribution is 2.75. The van der Waals surface area contributed by atoms with Crippen molar-refractivity contribution >= 4 is 50.1 Å².